The van der Waals surface area contributed by atoms with Crippen molar-refractivity contribution in [3.63, 3.8) is 0 Å². The van der Waals surface area contributed by atoms with E-state index in [0.29, 0.717) is 11.9 Å². The molecule has 2 heterocycles. The molecule has 26 heavy (non-hydrogen) atoms. The first kappa shape index (κ1) is 16.9. The molecule has 0 unspecified atom stereocenters. The lowest BCUT2D eigenvalue weighted by Gasteiger charge is -2.33. The first-order valence-electron chi connectivity index (χ1n) is 9.12. The Hall–Kier alpha value is -2.50. The maximum atomic E-state index is 12.6. The number of fused-ring (bicyclic) bond motifs is 1. The van der Waals surface area contributed by atoms with E-state index >= 15 is 0 Å². The number of morpholine rings is 1. The van der Waals surface area contributed by atoms with E-state index in [9.17, 15) is 4.79 Å². The third-order valence-electron chi connectivity index (χ3n) is 4.92. The molecule has 5 nitrogen and oxygen atoms in total. The first-order valence-corrected chi connectivity index (χ1v) is 9.12. The molecule has 134 valence electrons. The minimum absolute atomic E-state index is 0.0321. The summed E-state index contributed by atoms with van der Waals surface area (Å²) in [6, 6.07) is 17.9. The van der Waals surface area contributed by atoms with Crippen LogP contribution in [0.1, 0.15) is 5.56 Å². The van der Waals surface area contributed by atoms with E-state index in [1.807, 2.05) is 30.3 Å². The minimum atomic E-state index is 0.0321. The van der Waals surface area contributed by atoms with Crippen molar-refractivity contribution in [3.05, 3.63) is 76.8 Å². The molecule has 1 atom stereocenters. The lowest BCUT2D eigenvalue weighted by Crippen LogP contribution is -2.45. The second-order valence-corrected chi connectivity index (χ2v) is 6.74. The van der Waals surface area contributed by atoms with Crippen LogP contribution in [-0.2, 0) is 17.7 Å². The Kier molecular flexibility index (Phi) is 5.09. The van der Waals surface area contributed by atoms with Crippen molar-refractivity contribution < 1.29 is 4.74 Å². The summed E-state index contributed by atoms with van der Waals surface area (Å²) >= 11 is 0. The van der Waals surface area contributed by atoms with Crippen molar-refractivity contribution in [2.24, 2.45) is 0 Å². The molecule has 0 N–H and O–H groups in total. The van der Waals surface area contributed by atoms with Crippen LogP contribution in [0.5, 0.6) is 0 Å². The van der Waals surface area contributed by atoms with Crippen molar-refractivity contribution in [1.29, 1.82) is 0 Å². The van der Waals surface area contributed by atoms with Crippen LogP contribution in [0.4, 0.5) is 0 Å². The molecule has 1 saturated heterocycles. The Labute approximate surface area is 152 Å². The highest BCUT2D eigenvalue weighted by atomic mass is 16.5. The zero-order valence-electron chi connectivity index (χ0n) is 14.8. The summed E-state index contributed by atoms with van der Waals surface area (Å²) in [5.41, 5.74) is 2.09. The fraction of sp³-hybridized carbons (Fsp3) is 0.333. The molecular formula is C21H23N3O2. The first-order chi connectivity index (χ1) is 12.8. The molecule has 0 aliphatic carbocycles. The van der Waals surface area contributed by atoms with E-state index in [-0.39, 0.29) is 11.7 Å². The number of rotatable bonds is 5. The number of ether oxygens (including phenoxy) is 1. The van der Waals surface area contributed by atoms with Crippen molar-refractivity contribution in [2.45, 2.75) is 19.1 Å². The summed E-state index contributed by atoms with van der Waals surface area (Å²) in [4.78, 5) is 19.4. The van der Waals surface area contributed by atoms with Gasteiger partial charge >= 0.3 is 0 Å². The lowest BCUT2D eigenvalue weighted by molar-refractivity contribution is -0.0285. The van der Waals surface area contributed by atoms with E-state index in [1.165, 1.54) is 5.56 Å². The topological polar surface area (TPSA) is 47.4 Å². The van der Waals surface area contributed by atoms with Crippen LogP contribution in [0, 0.1) is 0 Å². The minimum Gasteiger partial charge on any atom is -0.375 e. The second kappa shape index (κ2) is 7.81. The lowest BCUT2D eigenvalue weighted by atomic mass is 10.1. The molecule has 4 rings (SSSR count). The van der Waals surface area contributed by atoms with Gasteiger partial charge in [-0.2, -0.15) is 0 Å². The number of hydrogen-bond donors (Lipinski definition) is 0. The third kappa shape index (κ3) is 3.84. The molecular weight excluding hydrogens is 326 g/mol. The largest absolute Gasteiger partial charge is 0.375 e. The molecule has 1 aromatic heterocycles. The molecule has 2 aromatic carbocycles. The number of hydrogen-bond acceptors (Lipinski definition) is 4. The van der Waals surface area contributed by atoms with Crippen LogP contribution in [0.25, 0.3) is 10.9 Å². The van der Waals surface area contributed by atoms with Gasteiger partial charge in [-0.1, -0.05) is 42.5 Å². The molecule has 3 aromatic rings. The molecule has 0 saturated carbocycles. The Bertz CT molecular complexity index is 923. The van der Waals surface area contributed by atoms with Gasteiger partial charge in [0.05, 0.1) is 29.9 Å². The van der Waals surface area contributed by atoms with Crippen LogP contribution in [0.15, 0.2) is 65.7 Å². The SMILES string of the molecule is O=c1c2ccccc2ncn1CCN1CCO[C@@H](Cc2ccccc2)C1. The summed E-state index contributed by atoms with van der Waals surface area (Å²) in [5.74, 6) is 0. The van der Waals surface area contributed by atoms with Gasteiger partial charge in [0.2, 0.25) is 0 Å². The molecule has 1 aliphatic rings. The van der Waals surface area contributed by atoms with E-state index in [0.717, 1.165) is 38.2 Å². The van der Waals surface area contributed by atoms with Gasteiger partial charge in [-0.05, 0) is 24.1 Å². The summed E-state index contributed by atoms with van der Waals surface area (Å²) < 4.78 is 7.64. The highest BCUT2D eigenvalue weighted by Crippen LogP contribution is 2.12. The highest BCUT2D eigenvalue weighted by Gasteiger charge is 2.20. The van der Waals surface area contributed by atoms with E-state index in [4.69, 9.17) is 4.74 Å². The van der Waals surface area contributed by atoms with Crippen LogP contribution in [-0.4, -0.2) is 46.8 Å². The second-order valence-electron chi connectivity index (χ2n) is 6.74. The molecule has 0 spiro atoms. The van der Waals surface area contributed by atoms with Crippen molar-refractivity contribution in [1.82, 2.24) is 14.5 Å². The van der Waals surface area contributed by atoms with Gasteiger partial charge in [-0.15, -0.1) is 0 Å². The summed E-state index contributed by atoms with van der Waals surface area (Å²) in [7, 11) is 0. The maximum Gasteiger partial charge on any atom is 0.261 e. The number of para-hydroxylation sites is 1. The van der Waals surface area contributed by atoms with Gasteiger partial charge in [0.1, 0.15) is 0 Å². The van der Waals surface area contributed by atoms with Gasteiger partial charge in [-0.25, -0.2) is 4.98 Å². The van der Waals surface area contributed by atoms with Crippen LogP contribution < -0.4 is 5.56 Å². The molecule has 0 bridgehead atoms. The molecule has 0 radical (unpaired) electrons. The maximum absolute atomic E-state index is 12.6. The Morgan fingerprint density at radius 2 is 1.85 bits per heavy atom. The zero-order chi connectivity index (χ0) is 17.8. The predicted molar refractivity (Wildman–Crippen MR) is 102 cm³/mol. The Morgan fingerprint density at radius 1 is 1.04 bits per heavy atom. The van der Waals surface area contributed by atoms with Crippen LogP contribution in [0.2, 0.25) is 0 Å². The molecule has 0 amide bonds. The van der Waals surface area contributed by atoms with Gasteiger partial charge in [0.25, 0.3) is 5.56 Å². The number of benzene rings is 2. The number of aromatic nitrogens is 2. The molecule has 1 fully saturated rings. The van der Waals surface area contributed by atoms with Gasteiger partial charge in [0.15, 0.2) is 0 Å². The third-order valence-corrected chi connectivity index (χ3v) is 4.92. The fourth-order valence-electron chi connectivity index (χ4n) is 3.50. The normalized spacial score (nSPS) is 18.2. The van der Waals surface area contributed by atoms with Crippen molar-refractivity contribution in [2.75, 3.05) is 26.2 Å². The van der Waals surface area contributed by atoms with Crippen LogP contribution in [0.3, 0.4) is 0 Å². The fourth-order valence-corrected chi connectivity index (χ4v) is 3.50. The standard InChI is InChI=1S/C21H23N3O2/c25-21-19-8-4-5-9-20(19)22-16-24(21)11-10-23-12-13-26-18(15-23)14-17-6-2-1-3-7-17/h1-9,16,18H,10-15H2/t18-/m0/s1. The van der Waals surface area contributed by atoms with Gasteiger partial charge in [-0.3, -0.25) is 14.3 Å². The van der Waals surface area contributed by atoms with Gasteiger partial charge < -0.3 is 4.74 Å². The average Bonchev–Trinajstić information content (AvgIpc) is 2.69. The van der Waals surface area contributed by atoms with E-state index in [1.54, 1.807) is 10.9 Å². The van der Waals surface area contributed by atoms with E-state index in [2.05, 4.69) is 34.1 Å². The molecule has 1 aliphatic heterocycles. The van der Waals surface area contributed by atoms with E-state index < -0.39 is 0 Å². The average molecular weight is 349 g/mol. The summed E-state index contributed by atoms with van der Waals surface area (Å²) in [6.45, 7) is 4.01. The smallest absolute Gasteiger partial charge is 0.261 e. The Morgan fingerprint density at radius 3 is 2.73 bits per heavy atom. The van der Waals surface area contributed by atoms with Crippen LogP contribution >= 0.6 is 0 Å². The van der Waals surface area contributed by atoms with Crippen molar-refractivity contribution >= 4 is 10.9 Å². The quantitative estimate of drug-likeness (QED) is 0.709. The summed E-state index contributed by atoms with van der Waals surface area (Å²) in [5, 5.41) is 0.680. The number of nitrogens with zero attached hydrogens (tertiary/aromatic N) is 3. The monoisotopic (exact) mass is 349 g/mol. The summed E-state index contributed by atoms with van der Waals surface area (Å²) in [6.07, 6.45) is 2.79. The van der Waals surface area contributed by atoms with Crippen molar-refractivity contribution in [3.8, 4) is 0 Å². The zero-order valence-corrected chi connectivity index (χ0v) is 14.8. The highest BCUT2D eigenvalue weighted by molar-refractivity contribution is 5.76. The molecule has 5 heteroatoms. The Balaban J connectivity index is 1.38. The van der Waals surface area contributed by atoms with Gasteiger partial charge in [0, 0.05) is 26.2 Å². The predicted octanol–water partition coefficient (Wildman–Crippen LogP) is 2.34.